The maximum absolute atomic E-state index is 13.4. The smallest absolute Gasteiger partial charge is 0.254 e. The molecular formula is C24H30FN3O. The number of nitrogens with one attached hydrogen (secondary N) is 1. The minimum Gasteiger partial charge on any atom is -0.365 e. The Labute approximate surface area is 172 Å². The Morgan fingerprint density at radius 2 is 1.76 bits per heavy atom. The summed E-state index contributed by atoms with van der Waals surface area (Å²) in [7, 11) is 0. The van der Waals surface area contributed by atoms with Crippen molar-refractivity contribution in [2.75, 3.05) is 13.1 Å². The lowest BCUT2D eigenvalue weighted by Gasteiger charge is -2.24. The van der Waals surface area contributed by atoms with Gasteiger partial charge in [0, 0.05) is 29.8 Å². The quantitative estimate of drug-likeness (QED) is 0.441. The van der Waals surface area contributed by atoms with Crippen molar-refractivity contribution in [3.8, 4) is 0 Å². The molecule has 1 aliphatic heterocycles. The number of hydrogen-bond acceptors (Lipinski definition) is 3. The van der Waals surface area contributed by atoms with Crippen LogP contribution in [0.5, 0.6) is 0 Å². The Morgan fingerprint density at radius 3 is 2.24 bits per heavy atom. The van der Waals surface area contributed by atoms with Crippen LogP contribution >= 0.6 is 0 Å². The predicted molar refractivity (Wildman–Crippen MR) is 114 cm³/mol. The number of rotatable bonds is 6. The average molecular weight is 396 g/mol. The maximum atomic E-state index is 13.4. The van der Waals surface area contributed by atoms with Gasteiger partial charge in [0.05, 0.1) is 0 Å². The van der Waals surface area contributed by atoms with Crippen LogP contribution in [0.4, 0.5) is 4.39 Å². The molecule has 3 fully saturated rings. The first-order valence-corrected chi connectivity index (χ1v) is 10.4. The fourth-order valence-corrected chi connectivity index (χ4v) is 4.75. The minimum absolute atomic E-state index is 0.0746. The van der Waals surface area contributed by atoms with Gasteiger partial charge in [0.1, 0.15) is 11.6 Å². The summed E-state index contributed by atoms with van der Waals surface area (Å²) in [6.45, 7) is 13.3. The number of allylic oxidation sites excluding steroid dienone is 1. The molecule has 1 aromatic carbocycles. The van der Waals surface area contributed by atoms with E-state index in [1.807, 2.05) is 37.8 Å². The van der Waals surface area contributed by atoms with Crippen molar-refractivity contribution in [2.24, 2.45) is 16.8 Å². The topological polar surface area (TPSA) is 44.7 Å². The predicted octanol–water partition coefficient (Wildman–Crippen LogP) is 4.41. The van der Waals surface area contributed by atoms with E-state index in [1.54, 1.807) is 0 Å². The molecule has 1 aromatic rings. The number of likely N-dealkylation sites (tertiary alicyclic amines) is 1. The van der Waals surface area contributed by atoms with E-state index in [0.717, 1.165) is 42.7 Å². The summed E-state index contributed by atoms with van der Waals surface area (Å²) >= 11 is 0. The molecule has 5 heteroatoms. The van der Waals surface area contributed by atoms with E-state index < -0.39 is 0 Å². The summed E-state index contributed by atoms with van der Waals surface area (Å²) in [4.78, 5) is 19.5. The second kappa shape index (κ2) is 7.12. The van der Waals surface area contributed by atoms with Crippen LogP contribution < -0.4 is 5.32 Å². The second-order valence-electron chi connectivity index (χ2n) is 9.31. The normalized spacial score (nSPS) is 26.9. The number of nitrogens with zero attached hydrogens (tertiary/aromatic N) is 2. The summed E-state index contributed by atoms with van der Waals surface area (Å²) < 4.78 is 13.2. The SMILES string of the molecule is C=N/C(NC1(C)CC1)=C(\C)C(C(=O)N1C[C@@H]2C(c3ccc(F)cc3)[C@@H]2C1)=C(C)C. The van der Waals surface area contributed by atoms with E-state index in [9.17, 15) is 9.18 Å². The number of carbonyl (C=O) groups is 1. The van der Waals surface area contributed by atoms with Gasteiger partial charge in [-0.1, -0.05) is 17.7 Å². The van der Waals surface area contributed by atoms with Crippen LogP contribution in [-0.2, 0) is 4.79 Å². The average Bonchev–Trinajstić information content (AvgIpc) is 3.53. The zero-order valence-electron chi connectivity index (χ0n) is 17.8. The Balaban J connectivity index is 1.48. The van der Waals surface area contributed by atoms with Gasteiger partial charge in [-0.25, -0.2) is 9.38 Å². The molecule has 3 aliphatic rings. The molecule has 0 bridgehead atoms. The van der Waals surface area contributed by atoms with Crippen molar-refractivity contribution in [1.29, 1.82) is 0 Å². The van der Waals surface area contributed by atoms with Crippen LogP contribution in [0.3, 0.4) is 0 Å². The van der Waals surface area contributed by atoms with Gasteiger partial charge in [-0.05, 0) is 82.7 Å². The fourth-order valence-electron chi connectivity index (χ4n) is 4.75. The molecule has 154 valence electrons. The van der Waals surface area contributed by atoms with Gasteiger partial charge in [0.25, 0.3) is 5.91 Å². The Bertz CT molecular complexity index is 895. The summed E-state index contributed by atoms with van der Waals surface area (Å²) in [5, 5.41) is 3.46. The van der Waals surface area contributed by atoms with Gasteiger partial charge >= 0.3 is 0 Å². The molecule has 0 spiro atoms. The van der Waals surface area contributed by atoms with Crippen LogP contribution in [0.25, 0.3) is 0 Å². The number of piperidine rings is 1. The van der Waals surface area contributed by atoms with Gasteiger partial charge in [0.2, 0.25) is 0 Å². The van der Waals surface area contributed by atoms with Gasteiger partial charge in [0.15, 0.2) is 0 Å². The molecule has 2 aliphatic carbocycles. The van der Waals surface area contributed by atoms with Crippen LogP contribution in [-0.4, -0.2) is 36.2 Å². The van der Waals surface area contributed by atoms with Crippen molar-refractivity contribution in [1.82, 2.24) is 10.2 Å². The first-order valence-electron chi connectivity index (χ1n) is 10.4. The number of amides is 1. The van der Waals surface area contributed by atoms with Crippen molar-refractivity contribution < 1.29 is 9.18 Å². The summed E-state index contributed by atoms with van der Waals surface area (Å²) in [6.07, 6.45) is 2.22. The highest BCUT2D eigenvalue weighted by Gasteiger charge is 2.57. The number of benzene rings is 1. The lowest BCUT2D eigenvalue weighted by Crippen LogP contribution is -2.34. The zero-order chi connectivity index (χ0) is 20.9. The Hall–Kier alpha value is -2.43. The molecule has 4 nitrogen and oxygen atoms in total. The highest BCUT2D eigenvalue weighted by molar-refractivity contribution is 5.98. The molecular weight excluding hydrogens is 365 g/mol. The molecule has 4 rings (SSSR count). The maximum Gasteiger partial charge on any atom is 0.254 e. The third kappa shape index (κ3) is 3.75. The van der Waals surface area contributed by atoms with Crippen LogP contribution in [0.15, 0.2) is 51.8 Å². The van der Waals surface area contributed by atoms with Gasteiger partial charge in [-0.15, -0.1) is 0 Å². The summed E-state index contributed by atoms with van der Waals surface area (Å²) in [5.74, 6) is 2.00. The zero-order valence-corrected chi connectivity index (χ0v) is 17.8. The Kier molecular flexibility index (Phi) is 4.88. The number of carbonyl (C=O) groups excluding carboxylic acids is 1. The van der Waals surface area contributed by atoms with Crippen molar-refractivity contribution >= 4 is 12.6 Å². The van der Waals surface area contributed by atoms with Crippen molar-refractivity contribution in [3.05, 3.63) is 58.2 Å². The molecule has 3 atom stereocenters. The van der Waals surface area contributed by atoms with Crippen molar-refractivity contribution in [2.45, 2.75) is 52.0 Å². The van der Waals surface area contributed by atoms with E-state index in [-0.39, 0.29) is 17.3 Å². The monoisotopic (exact) mass is 395 g/mol. The van der Waals surface area contributed by atoms with E-state index >= 15 is 0 Å². The van der Waals surface area contributed by atoms with E-state index in [4.69, 9.17) is 0 Å². The minimum atomic E-state index is -0.202. The summed E-state index contributed by atoms with van der Waals surface area (Å²) in [5.41, 5.74) is 3.86. The third-order valence-electron chi connectivity index (χ3n) is 6.76. The van der Waals surface area contributed by atoms with E-state index in [1.165, 1.54) is 17.7 Å². The lowest BCUT2D eigenvalue weighted by molar-refractivity contribution is -0.126. The summed E-state index contributed by atoms with van der Waals surface area (Å²) in [6, 6.07) is 6.81. The van der Waals surface area contributed by atoms with E-state index in [0.29, 0.717) is 23.6 Å². The number of fused-ring (bicyclic) bond motifs is 1. The molecule has 2 saturated carbocycles. The molecule has 29 heavy (non-hydrogen) atoms. The molecule has 1 saturated heterocycles. The molecule has 1 N–H and O–H groups in total. The first kappa shape index (κ1) is 19.9. The second-order valence-corrected chi connectivity index (χ2v) is 9.31. The molecule has 0 aromatic heterocycles. The number of hydrogen-bond donors (Lipinski definition) is 1. The van der Waals surface area contributed by atoms with Crippen LogP contribution in [0.2, 0.25) is 0 Å². The largest absolute Gasteiger partial charge is 0.365 e. The van der Waals surface area contributed by atoms with E-state index in [2.05, 4.69) is 24.0 Å². The first-order chi connectivity index (χ1) is 13.7. The lowest BCUT2D eigenvalue weighted by atomic mass is 10.00. The third-order valence-corrected chi connectivity index (χ3v) is 6.76. The molecule has 1 unspecified atom stereocenters. The fraction of sp³-hybridized carbons (Fsp3) is 0.500. The van der Waals surface area contributed by atoms with Gasteiger partial charge < -0.3 is 10.2 Å². The standard InChI is InChI=1S/C24H30FN3O/c1-14(2)20(15(3)22(26-5)27-24(4)10-11-24)23(29)28-12-18-19(13-28)21(18)16-6-8-17(25)9-7-16/h6-9,18-19,21,27H,5,10-13H2,1-4H3/b22-15-/t18-,19+,21?. The highest BCUT2D eigenvalue weighted by atomic mass is 19.1. The number of halogens is 1. The Morgan fingerprint density at radius 1 is 1.17 bits per heavy atom. The van der Waals surface area contributed by atoms with Crippen molar-refractivity contribution in [3.63, 3.8) is 0 Å². The molecule has 1 amide bonds. The van der Waals surface area contributed by atoms with Crippen LogP contribution in [0.1, 0.15) is 52.0 Å². The van der Waals surface area contributed by atoms with Gasteiger partial charge in [-0.3, -0.25) is 4.79 Å². The highest BCUT2D eigenvalue weighted by Crippen LogP contribution is 2.58. The number of aliphatic imine (C=N–C) groups is 1. The molecule has 1 heterocycles. The van der Waals surface area contributed by atoms with Gasteiger partial charge in [-0.2, -0.15) is 0 Å². The van der Waals surface area contributed by atoms with Crippen LogP contribution in [0, 0.1) is 17.7 Å². The molecule has 0 radical (unpaired) electrons.